The van der Waals surface area contributed by atoms with Crippen LogP contribution in [0.5, 0.6) is 0 Å². The van der Waals surface area contributed by atoms with Crippen molar-refractivity contribution in [2.75, 3.05) is 11.9 Å². The third-order valence-electron chi connectivity index (χ3n) is 5.46. The van der Waals surface area contributed by atoms with E-state index >= 15 is 0 Å². The molecule has 4 rings (SSSR count). The highest BCUT2D eigenvalue weighted by atomic mass is 19.3. The summed E-state index contributed by atoms with van der Waals surface area (Å²) in [6, 6.07) is 7.77. The van der Waals surface area contributed by atoms with Crippen LogP contribution >= 0.6 is 0 Å². The molecule has 2 N–H and O–H groups in total. The van der Waals surface area contributed by atoms with Gasteiger partial charge >= 0.3 is 0 Å². The number of halogens is 2. The van der Waals surface area contributed by atoms with Crippen LogP contribution in [0.4, 0.5) is 20.4 Å². The number of hydrogen-bond acceptors (Lipinski definition) is 6. The van der Waals surface area contributed by atoms with Crippen LogP contribution in [0.2, 0.25) is 0 Å². The van der Waals surface area contributed by atoms with E-state index in [-0.39, 0.29) is 18.0 Å². The quantitative estimate of drug-likeness (QED) is 0.646. The summed E-state index contributed by atoms with van der Waals surface area (Å²) in [6.45, 7) is 1.51. The Balaban J connectivity index is 1.65. The van der Waals surface area contributed by atoms with Crippen molar-refractivity contribution in [2.24, 2.45) is 0 Å². The fourth-order valence-corrected chi connectivity index (χ4v) is 3.81. The van der Waals surface area contributed by atoms with E-state index in [1.807, 2.05) is 13.0 Å². The first-order chi connectivity index (χ1) is 14.4. The lowest BCUT2D eigenvalue weighted by atomic mass is 9.83. The van der Waals surface area contributed by atoms with Gasteiger partial charge in [0.05, 0.1) is 35.8 Å². The van der Waals surface area contributed by atoms with Gasteiger partial charge in [0.15, 0.2) is 0 Å². The molecule has 3 aromatic rings. The minimum Gasteiger partial charge on any atom is -0.395 e. The van der Waals surface area contributed by atoms with E-state index in [4.69, 9.17) is 0 Å². The summed E-state index contributed by atoms with van der Waals surface area (Å²) in [5.41, 5.74) is 4.01. The van der Waals surface area contributed by atoms with Crippen molar-refractivity contribution in [1.29, 1.82) is 5.26 Å². The van der Waals surface area contributed by atoms with Gasteiger partial charge in [0.1, 0.15) is 6.54 Å². The lowest BCUT2D eigenvalue weighted by Crippen LogP contribution is -2.23. The molecule has 0 aliphatic heterocycles. The Bertz CT molecular complexity index is 1120. The largest absolute Gasteiger partial charge is 0.395 e. The van der Waals surface area contributed by atoms with E-state index < -0.39 is 13.0 Å². The van der Waals surface area contributed by atoms with Gasteiger partial charge in [0, 0.05) is 23.4 Å². The van der Waals surface area contributed by atoms with Crippen LogP contribution in [0, 0.1) is 11.3 Å². The molecule has 30 heavy (non-hydrogen) atoms. The number of alkyl halides is 2. The van der Waals surface area contributed by atoms with Crippen LogP contribution < -0.4 is 5.32 Å². The normalized spacial score (nSPS) is 17.7. The van der Waals surface area contributed by atoms with Crippen molar-refractivity contribution >= 4 is 11.6 Å². The number of hydrogen-bond donors (Lipinski definition) is 2. The highest BCUT2D eigenvalue weighted by Gasteiger charge is 2.35. The predicted molar refractivity (Wildman–Crippen MR) is 106 cm³/mol. The number of benzene rings is 1. The number of anilines is 2. The monoisotopic (exact) mass is 410 g/mol. The zero-order valence-corrected chi connectivity index (χ0v) is 16.3. The number of aliphatic hydroxyl groups excluding tert-OH is 1. The summed E-state index contributed by atoms with van der Waals surface area (Å²) in [5, 5.41) is 26.3. The molecule has 0 saturated carbocycles. The molecule has 1 aliphatic rings. The van der Waals surface area contributed by atoms with Crippen molar-refractivity contribution in [2.45, 2.75) is 38.2 Å². The molecular weight excluding hydrogens is 390 g/mol. The Kier molecular flexibility index (Phi) is 5.18. The van der Waals surface area contributed by atoms with Crippen LogP contribution in [-0.4, -0.2) is 37.9 Å². The topological polar surface area (TPSA) is 99.6 Å². The maximum atomic E-state index is 12.5. The van der Waals surface area contributed by atoms with E-state index in [1.165, 1.54) is 12.4 Å². The van der Waals surface area contributed by atoms with Crippen LogP contribution in [0.25, 0.3) is 11.3 Å². The second-order valence-corrected chi connectivity index (χ2v) is 7.61. The SMILES string of the molecule is CC1(CO)CCc2c(C#N)cc(-c3ccnc(Nc4cnn(CC(F)F)c4)n3)cc21. The highest BCUT2D eigenvalue weighted by molar-refractivity contribution is 5.68. The Hall–Kier alpha value is -3.38. The standard InChI is InChI=1S/C21H20F2N6O/c1-21(12-30)4-2-16-14(8-24)6-13(7-17(16)21)18-3-5-25-20(28-18)27-15-9-26-29(10-15)11-19(22)23/h3,5-7,9-10,19,30H,2,4,11-12H2,1H3,(H,25,27,28). The number of aromatic nitrogens is 4. The van der Waals surface area contributed by atoms with Gasteiger partial charge in [-0.05, 0) is 42.2 Å². The molecule has 1 aromatic carbocycles. The Labute approximate surface area is 172 Å². The number of nitrogens with zero attached hydrogens (tertiary/aromatic N) is 5. The van der Waals surface area contributed by atoms with Gasteiger partial charge in [-0.1, -0.05) is 6.92 Å². The summed E-state index contributed by atoms with van der Waals surface area (Å²) in [4.78, 5) is 8.68. The number of nitriles is 1. The molecule has 9 heteroatoms. The van der Waals surface area contributed by atoms with Crippen molar-refractivity contribution < 1.29 is 13.9 Å². The lowest BCUT2D eigenvalue weighted by molar-refractivity contribution is 0.122. The van der Waals surface area contributed by atoms with Gasteiger partial charge in [-0.25, -0.2) is 18.7 Å². The van der Waals surface area contributed by atoms with Crippen LogP contribution in [-0.2, 0) is 18.4 Å². The van der Waals surface area contributed by atoms with Crippen molar-refractivity contribution in [3.05, 3.63) is 53.5 Å². The minimum absolute atomic E-state index is 0.00745. The molecule has 0 amide bonds. The average molecular weight is 410 g/mol. The minimum atomic E-state index is -2.49. The van der Waals surface area contributed by atoms with Gasteiger partial charge < -0.3 is 10.4 Å². The first kappa shape index (κ1) is 19.9. The van der Waals surface area contributed by atoms with Crippen LogP contribution in [0.3, 0.4) is 0 Å². The number of fused-ring (bicyclic) bond motifs is 1. The average Bonchev–Trinajstić information content (AvgIpc) is 3.31. The number of aliphatic hydroxyl groups is 1. The summed E-state index contributed by atoms with van der Waals surface area (Å²) in [6.07, 6.45) is 3.52. The molecular formula is C21H20F2N6O. The predicted octanol–water partition coefficient (Wildman–Crippen LogP) is 3.42. The maximum absolute atomic E-state index is 12.5. The maximum Gasteiger partial charge on any atom is 0.257 e. The summed E-state index contributed by atoms with van der Waals surface area (Å²) < 4.78 is 26.1. The van der Waals surface area contributed by atoms with E-state index in [1.54, 1.807) is 18.3 Å². The summed E-state index contributed by atoms with van der Waals surface area (Å²) in [7, 11) is 0. The molecule has 1 aliphatic carbocycles. The fraction of sp³-hybridized carbons (Fsp3) is 0.333. The zero-order valence-electron chi connectivity index (χ0n) is 16.3. The van der Waals surface area contributed by atoms with Crippen molar-refractivity contribution in [3.8, 4) is 17.3 Å². The summed E-state index contributed by atoms with van der Waals surface area (Å²) >= 11 is 0. The van der Waals surface area contributed by atoms with Gasteiger partial charge in [-0.15, -0.1) is 0 Å². The Morgan fingerprint density at radius 2 is 2.23 bits per heavy atom. The molecule has 0 bridgehead atoms. The second kappa shape index (κ2) is 7.80. The molecule has 1 atom stereocenters. The molecule has 2 aromatic heterocycles. The lowest BCUT2D eigenvalue weighted by Gasteiger charge is -2.23. The molecule has 154 valence electrons. The first-order valence-corrected chi connectivity index (χ1v) is 9.51. The third kappa shape index (κ3) is 3.74. The number of rotatable bonds is 6. The van der Waals surface area contributed by atoms with E-state index in [0.717, 1.165) is 34.2 Å². The molecule has 7 nitrogen and oxygen atoms in total. The zero-order chi connectivity index (χ0) is 21.3. The molecule has 0 radical (unpaired) electrons. The van der Waals surface area contributed by atoms with E-state index in [9.17, 15) is 19.1 Å². The smallest absolute Gasteiger partial charge is 0.257 e. The van der Waals surface area contributed by atoms with Gasteiger partial charge in [0.2, 0.25) is 5.95 Å². The van der Waals surface area contributed by atoms with Gasteiger partial charge in [-0.3, -0.25) is 4.68 Å². The summed E-state index contributed by atoms with van der Waals surface area (Å²) in [5.74, 6) is 0.285. The Morgan fingerprint density at radius 1 is 1.40 bits per heavy atom. The third-order valence-corrected chi connectivity index (χ3v) is 5.46. The highest BCUT2D eigenvalue weighted by Crippen LogP contribution is 2.42. The first-order valence-electron chi connectivity index (χ1n) is 9.51. The molecule has 0 saturated heterocycles. The second-order valence-electron chi connectivity index (χ2n) is 7.61. The van der Waals surface area contributed by atoms with Gasteiger partial charge in [0.25, 0.3) is 6.43 Å². The molecule has 2 heterocycles. The van der Waals surface area contributed by atoms with Crippen molar-refractivity contribution in [3.63, 3.8) is 0 Å². The van der Waals surface area contributed by atoms with E-state index in [0.29, 0.717) is 16.9 Å². The number of nitrogens with one attached hydrogen (secondary N) is 1. The fourth-order valence-electron chi connectivity index (χ4n) is 3.81. The molecule has 0 fully saturated rings. The van der Waals surface area contributed by atoms with Crippen LogP contribution in [0.15, 0.2) is 36.8 Å². The Morgan fingerprint density at radius 3 is 2.97 bits per heavy atom. The van der Waals surface area contributed by atoms with Gasteiger partial charge in [-0.2, -0.15) is 10.4 Å². The van der Waals surface area contributed by atoms with Crippen molar-refractivity contribution in [1.82, 2.24) is 19.7 Å². The van der Waals surface area contributed by atoms with E-state index in [2.05, 4.69) is 26.5 Å². The van der Waals surface area contributed by atoms with Crippen LogP contribution in [0.1, 0.15) is 30.0 Å². The molecule has 1 unspecified atom stereocenters. The molecule has 0 spiro atoms.